The van der Waals surface area contributed by atoms with Gasteiger partial charge in [-0.25, -0.2) is 4.79 Å². The van der Waals surface area contributed by atoms with E-state index in [1.165, 1.54) is 0 Å². The molecule has 0 spiro atoms. The van der Waals surface area contributed by atoms with Gasteiger partial charge in [0, 0.05) is 6.20 Å². The molecular weight excluding hydrogens is 248 g/mol. The zero-order valence-corrected chi connectivity index (χ0v) is 10.3. The third kappa shape index (κ3) is 2.81. The highest BCUT2D eigenvalue weighted by Gasteiger charge is 2.26. The molecule has 0 saturated carbocycles. The molecule has 1 aromatic heterocycles. The van der Waals surface area contributed by atoms with Gasteiger partial charge in [-0.3, -0.25) is 5.10 Å². The van der Waals surface area contributed by atoms with Crippen LogP contribution in [0.4, 0.5) is 0 Å². The van der Waals surface area contributed by atoms with Crippen molar-refractivity contribution in [3.8, 4) is 11.3 Å². The van der Waals surface area contributed by atoms with Crippen molar-refractivity contribution in [2.24, 2.45) is 0 Å². The number of aliphatic hydroxyl groups is 2. The van der Waals surface area contributed by atoms with E-state index < -0.39 is 18.2 Å². The van der Waals surface area contributed by atoms with Gasteiger partial charge in [-0.05, 0) is 17.2 Å². The SMILES string of the molecule is COC(=O)C(O)C(O)c1ccc(-c2ccn[nH]2)cc1. The molecule has 2 atom stereocenters. The van der Waals surface area contributed by atoms with E-state index in [0.717, 1.165) is 18.4 Å². The molecule has 100 valence electrons. The zero-order valence-electron chi connectivity index (χ0n) is 10.3. The number of aromatic amines is 1. The highest BCUT2D eigenvalue weighted by molar-refractivity contribution is 5.75. The predicted molar refractivity (Wildman–Crippen MR) is 67.0 cm³/mol. The van der Waals surface area contributed by atoms with Gasteiger partial charge in [0.1, 0.15) is 6.10 Å². The van der Waals surface area contributed by atoms with Gasteiger partial charge in [0.25, 0.3) is 0 Å². The lowest BCUT2D eigenvalue weighted by atomic mass is 10.0. The average Bonchev–Trinajstić information content (AvgIpc) is 2.99. The van der Waals surface area contributed by atoms with Crippen molar-refractivity contribution >= 4 is 5.97 Å². The van der Waals surface area contributed by atoms with E-state index in [9.17, 15) is 15.0 Å². The Kier molecular flexibility index (Phi) is 3.94. The lowest BCUT2D eigenvalue weighted by molar-refractivity contribution is -0.156. The fourth-order valence-corrected chi connectivity index (χ4v) is 1.71. The van der Waals surface area contributed by atoms with Crippen molar-refractivity contribution in [1.82, 2.24) is 10.2 Å². The van der Waals surface area contributed by atoms with Crippen LogP contribution in [0.1, 0.15) is 11.7 Å². The van der Waals surface area contributed by atoms with E-state index in [-0.39, 0.29) is 0 Å². The summed E-state index contributed by atoms with van der Waals surface area (Å²) in [5.74, 6) is -0.870. The number of methoxy groups -OCH3 is 1. The Morgan fingerprint density at radius 1 is 1.26 bits per heavy atom. The topological polar surface area (TPSA) is 95.4 Å². The molecule has 2 rings (SSSR count). The van der Waals surface area contributed by atoms with E-state index in [2.05, 4.69) is 14.9 Å². The number of rotatable bonds is 4. The van der Waals surface area contributed by atoms with Crippen molar-refractivity contribution < 1.29 is 19.7 Å². The second-order valence-electron chi connectivity index (χ2n) is 4.01. The van der Waals surface area contributed by atoms with Crippen molar-refractivity contribution in [3.63, 3.8) is 0 Å². The van der Waals surface area contributed by atoms with Gasteiger partial charge in [0.15, 0.2) is 6.10 Å². The molecule has 6 heteroatoms. The molecule has 0 radical (unpaired) electrons. The molecule has 0 amide bonds. The number of nitrogens with one attached hydrogen (secondary N) is 1. The number of hydrogen-bond acceptors (Lipinski definition) is 5. The first kappa shape index (κ1) is 13.3. The lowest BCUT2D eigenvalue weighted by Crippen LogP contribution is -2.28. The van der Waals surface area contributed by atoms with E-state index in [1.807, 2.05) is 6.07 Å². The normalized spacial score (nSPS) is 13.8. The molecule has 0 aliphatic carbocycles. The average molecular weight is 262 g/mol. The molecule has 0 aliphatic heterocycles. The van der Waals surface area contributed by atoms with Crippen LogP contribution in [0.3, 0.4) is 0 Å². The van der Waals surface area contributed by atoms with Gasteiger partial charge >= 0.3 is 5.97 Å². The second-order valence-corrected chi connectivity index (χ2v) is 4.01. The molecule has 1 aromatic carbocycles. The smallest absolute Gasteiger partial charge is 0.337 e. The summed E-state index contributed by atoms with van der Waals surface area (Å²) in [7, 11) is 1.15. The quantitative estimate of drug-likeness (QED) is 0.703. The molecule has 19 heavy (non-hydrogen) atoms. The molecule has 0 saturated heterocycles. The van der Waals surface area contributed by atoms with Gasteiger partial charge in [-0.2, -0.15) is 5.10 Å². The van der Waals surface area contributed by atoms with E-state index in [1.54, 1.807) is 30.5 Å². The fraction of sp³-hybridized carbons (Fsp3) is 0.231. The van der Waals surface area contributed by atoms with Crippen LogP contribution in [-0.2, 0) is 9.53 Å². The van der Waals surface area contributed by atoms with Gasteiger partial charge < -0.3 is 14.9 Å². The third-order valence-electron chi connectivity index (χ3n) is 2.81. The Morgan fingerprint density at radius 2 is 1.95 bits per heavy atom. The van der Waals surface area contributed by atoms with Crippen LogP contribution in [0, 0.1) is 0 Å². The fourth-order valence-electron chi connectivity index (χ4n) is 1.71. The minimum Gasteiger partial charge on any atom is -0.467 e. The number of carbonyl (C=O) groups excluding carboxylic acids is 1. The summed E-state index contributed by atoms with van der Waals surface area (Å²) in [6, 6.07) is 8.60. The molecule has 3 N–H and O–H groups in total. The summed E-state index contributed by atoms with van der Waals surface area (Å²) in [6.45, 7) is 0. The van der Waals surface area contributed by atoms with E-state index in [0.29, 0.717) is 5.56 Å². The molecule has 0 bridgehead atoms. The number of benzene rings is 1. The van der Waals surface area contributed by atoms with Crippen LogP contribution in [0.15, 0.2) is 36.5 Å². The number of aliphatic hydroxyl groups excluding tert-OH is 2. The standard InChI is InChI=1S/C13H14N2O4/c1-19-13(18)12(17)11(16)9-4-2-8(3-5-9)10-6-7-14-15-10/h2-7,11-12,16-17H,1H3,(H,14,15). The van der Waals surface area contributed by atoms with Crippen LogP contribution < -0.4 is 0 Å². The molecule has 2 unspecified atom stereocenters. The molecular formula is C13H14N2O4. The molecule has 0 fully saturated rings. The number of H-pyrrole nitrogens is 1. The Bertz CT molecular complexity index is 536. The van der Waals surface area contributed by atoms with Gasteiger partial charge in [0.05, 0.1) is 12.8 Å². The molecule has 6 nitrogen and oxygen atoms in total. The maximum Gasteiger partial charge on any atom is 0.337 e. The zero-order chi connectivity index (χ0) is 13.8. The minimum atomic E-state index is -1.59. The number of esters is 1. The summed E-state index contributed by atoms with van der Waals surface area (Å²) in [4.78, 5) is 11.1. The van der Waals surface area contributed by atoms with E-state index in [4.69, 9.17) is 0 Å². The Hall–Kier alpha value is -2.18. The van der Waals surface area contributed by atoms with Crippen LogP contribution in [0.25, 0.3) is 11.3 Å². The monoisotopic (exact) mass is 262 g/mol. The number of hydrogen-bond donors (Lipinski definition) is 3. The van der Waals surface area contributed by atoms with Crippen LogP contribution in [0.2, 0.25) is 0 Å². The Labute approximate surface area is 109 Å². The number of ether oxygens (including phenoxy) is 1. The Morgan fingerprint density at radius 3 is 2.47 bits per heavy atom. The summed E-state index contributed by atoms with van der Waals surface area (Å²) >= 11 is 0. The first-order valence-electron chi connectivity index (χ1n) is 5.67. The minimum absolute atomic E-state index is 0.432. The molecule has 2 aromatic rings. The highest BCUT2D eigenvalue weighted by Crippen LogP contribution is 2.22. The largest absolute Gasteiger partial charge is 0.467 e. The number of carbonyl (C=O) groups is 1. The van der Waals surface area contributed by atoms with E-state index >= 15 is 0 Å². The van der Waals surface area contributed by atoms with Crippen molar-refractivity contribution in [3.05, 3.63) is 42.1 Å². The summed E-state index contributed by atoms with van der Waals surface area (Å²) in [6.07, 6.45) is -1.27. The third-order valence-corrected chi connectivity index (χ3v) is 2.81. The summed E-state index contributed by atoms with van der Waals surface area (Å²) in [5, 5.41) is 26.1. The first-order valence-corrected chi connectivity index (χ1v) is 5.67. The number of aromatic nitrogens is 2. The van der Waals surface area contributed by atoms with Crippen LogP contribution in [0.5, 0.6) is 0 Å². The summed E-state index contributed by atoms with van der Waals surface area (Å²) < 4.78 is 4.38. The van der Waals surface area contributed by atoms with Crippen LogP contribution >= 0.6 is 0 Å². The maximum absolute atomic E-state index is 11.1. The second kappa shape index (κ2) is 5.64. The predicted octanol–water partition coefficient (Wildman–Crippen LogP) is 0.644. The van der Waals surface area contributed by atoms with Crippen LogP contribution in [-0.4, -0.2) is 39.6 Å². The lowest BCUT2D eigenvalue weighted by Gasteiger charge is -2.16. The van der Waals surface area contributed by atoms with Gasteiger partial charge in [0.2, 0.25) is 0 Å². The van der Waals surface area contributed by atoms with Gasteiger partial charge in [-0.1, -0.05) is 24.3 Å². The van der Waals surface area contributed by atoms with Crippen molar-refractivity contribution in [2.45, 2.75) is 12.2 Å². The van der Waals surface area contributed by atoms with Gasteiger partial charge in [-0.15, -0.1) is 0 Å². The molecule has 1 heterocycles. The first-order chi connectivity index (χ1) is 9.13. The Balaban J connectivity index is 2.16. The number of nitrogens with zero attached hydrogens (tertiary/aromatic N) is 1. The molecule has 0 aliphatic rings. The summed E-state index contributed by atoms with van der Waals surface area (Å²) in [5.41, 5.74) is 2.16. The highest BCUT2D eigenvalue weighted by atomic mass is 16.5. The van der Waals surface area contributed by atoms with Crippen molar-refractivity contribution in [2.75, 3.05) is 7.11 Å². The van der Waals surface area contributed by atoms with Crippen molar-refractivity contribution in [1.29, 1.82) is 0 Å². The maximum atomic E-state index is 11.1.